The molecule has 0 aliphatic heterocycles. The van der Waals surface area contributed by atoms with Crippen LogP contribution < -0.4 is 5.48 Å². The van der Waals surface area contributed by atoms with E-state index in [4.69, 9.17) is 4.84 Å². The monoisotopic (exact) mass is 216 g/mol. The topological polar surface area (TPSA) is 51.2 Å². The Bertz CT molecular complexity index is 277. The maximum Gasteiger partial charge on any atom is 0.276 e. The molecule has 0 bridgehead atoms. The van der Waals surface area contributed by atoms with Gasteiger partial charge in [-0.3, -0.25) is 14.6 Å². The lowest BCUT2D eigenvalue weighted by atomic mass is 10.3. The number of amides is 1. The van der Waals surface area contributed by atoms with Crippen molar-refractivity contribution in [1.82, 2.24) is 10.5 Å². The minimum absolute atomic E-state index is 0. The van der Waals surface area contributed by atoms with Gasteiger partial charge >= 0.3 is 0 Å². The lowest BCUT2D eigenvalue weighted by Crippen LogP contribution is -2.26. The van der Waals surface area contributed by atoms with E-state index >= 15 is 0 Å². The largest absolute Gasteiger partial charge is 0.276 e. The number of hydrogen-bond donors (Lipinski definition) is 1. The first-order chi connectivity index (χ1) is 6.20. The normalized spacial score (nSPS) is 9.36. The van der Waals surface area contributed by atoms with E-state index in [0.717, 1.165) is 0 Å². The predicted molar refractivity (Wildman–Crippen MR) is 55.2 cm³/mol. The number of pyridine rings is 1. The van der Waals surface area contributed by atoms with Crippen molar-refractivity contribution in [2.75, 3.05) is 0 Å². The molecule has 0 saturated carbocycles. The van der Waals surface area contributed by atoms with Gasteiger partial charge in [0.25, 0.3) is 5.91 Å². The smallest absolute Gasteiger partial charge is 0.271 e. The zero-order valence-electron chi connectivity index (χ0n) is 8.06. The first-order valence-corrected chi connectivity index (χ1v) is 4.06. The fraction of sp³-hybridized carbons (Fsp3) is 0.333. The third kappa shape index (κ3) is 4.20. The summed E-state index contributed by atoms with van der Waals surface area (Å²) in [7, 11) is 0. The molecule has 0 aliphatic rings. The molecular weight excluding hydrogens is 204 g/mol. The van der Waals surface area contributed by atoms with Crippen LogP contribution in [0.3, 0.4) is 0 Å². The summed E-state index contributed by atoms with van der Waals surface area (Å²) in [6, 6.07) is 3.37. The van der Waals surface area contributed by atoms with Gasteiger partial charge in [-0.15, -0.1) is 12.4 Å². The van der Waals surface area contributed by atoms with Crippen molar-refractivity contribution in [1.29, 1.82) is 0 Å². The Morgan fingerprint density at radius 3 is 2.79 bits per heavy atom. The van der Waals surface area contributed by atoms with Crippen LogP contribution in [0.25, 0.3) is 0 Å². The molecule has 0 atom stereocenters. The van der Waals surface area contributed by atoms with E-state index in [9.17, 15) is 4.79 Å². The SMILES string of the molecule is CC(C)ONC(=O)c1cccnc1.Cl. The predicted octanol–water partition coefficient (Wildman–Crippen LogP) is 1.57. The number of carbonyl (C=O) groups is 1. The highest BCUT2D eigenvalue weighted by molar-refractivity contribution is 5.92. The Kier molecular flexibility index (Phi) is 5.83. The third-order valence-corrected chi connectivity index (χ3v) is 1.31. The fourth-order valence-corrected chi connectivity index (χ4v) is 0.727. The van der Waals surface area contributed by atoms with Gasteiger partial charge in [-0.05, 0) is 26.0 Å². The molecule has 1 aromatic rings. The van der Waals surface area contributed by atoms with Crippen LogP contribution in [0, 0.1) is 0 Å². The quantitative estimate of drug-likeness (QED) is 0.781. The van der Waals surface area contributed by atoms with Gasteiger partial charge < -0.3 is 0 Å². The number of hydrogen-bond acceptors (Lipinski definition) is 3. The maximum atomic E-state index is 11.3. The molecular formula is C9H13ClN2O2. The highest BCUT2D eigenvalue weighted by atomic mass is 35.5. The molecule has 0 radical (unpaired) electrons. The molecule has 1 N–H and O–H groups in total. The van der Waals surface area contributed by atoms with E-state index in [0.29, 0.717) is 5.56 Å². The fourth-order valence-electron chi connectivity index (χ4n) is 0.727. The van der Waals surface area contributed by atoms with Gasteiger partial charge in [-0.1, -0.05) is 0 Å². The average Bonchev–Trinajstić information content (AvgIpc) is 2.15. The first kappa shape index (κ1) is 12.9. The van der Waals surface area contributed by atoms with E-state index in [2.05, 4.69) is 10.5 Å². The van der Waals surface area contributed by atoms with E-state index in [1.165, 1.54) is 6.20 Å². The summed E-state index contributed by atoms with van der Waals surface area (Å²) in [4.78, 5) is 20.0. The summed E-state index contributed by atoms with van der Waals surface area (Å²) < 4.78 is 0. The number of carbonyl (C=O) groups excluding carboxylic acids is 1. The molecule has 0 spiro atoms. The molecule has 5 heteroatoms. The first-order valence-electron chi connectivity index (χ1n) is 4.06. The summed E-state index contributed by atoms with van der Waals surface area (Å²) in [6.07, 6.45) is 3.07. The Labute approximate surface area is 89.0 Å². The molecule has 0 unspecified atom stereocenters. The molecule has 4 nitrogen and oxygen atoms in total. The van der Waals surface area contributed by atoms with Crippen LogP contribution in [0.15, 0.2) is 24.5 Å². The summed E-state index contributed by atoms with van der Waals surface area (Å²) in [5.41, 5.74) is 2.81. The maximum absolute atomic E-state index is 11.3. The van der Waals surface area contributed by atoms with Gasteiger partial charge in [-0.2, -0.15) is 0 Å². The highest BCUT2D eigenvalue weighted by Crippen LogP contribution is 1.95. The van der Waals surface area contributed by atoms with Crippen molar-refractivity contribution < 1.29 is 9.63 Å². The van der Waals surface area contributed by atoms with Crippen LogP contribution in [-0.2, 0) is 4.84 Å². The van der Waals surface area contributed by atoms with Gasteiger partial charge in [0.1, 0.15) is 0 Å². The van der Waals surface area contributed by atoms with Crippen molar-refractivity contribution in [3.63, 3.8) is 0 Å². The van der Waals surface area contributed by atoms with Crippen molar-refractivity contribution in [2.24, 2.45) is 0 Å². The lowest BCUT2D eigenvalue weighted by Gasteiger charge is -2.07. The second kappa shape index (κ2) is 6.34. The Hall–Kier alpha value is -1.13. The summed E-state index contributed by atoms with van der Waals surface area (Å²) in [5.74, 6) is -0.276. The molecule has 1 heterocycles. The van der Waals surface area contributed by atoms with Crippen LogP contribution in [0.4, 0.5) is 0 Å². The molecule has 1 rings (SSSR count). The van der Waals surface area contributed by atoms with E-state index in [1.54, 1.807) is 18.3 Å². The Morgan fingerprint density at radius 1 is 1.57 bits per heavy atom. The third-order valence-electron chi connectivity index (χ3n) is 1.31. The molecule has 14 heavy (non-hydrogen) atoms. The number of nitrogens with zero attached hydrogens (tertiary/aromatic N) is 1. The Balaban J connectivity index is 0.00000169. The number of halogens is 1. The molecule has 1 amide bonds. The van der Waals surface area contributed by atoms with Crippen LogP contribution >= 0.6 is 12.4 Å². The second-order valence-electron chi connectivity index (χ2n) is 2.84. The zero-order chi connectivity index (χ0) is 9.68. The van der Waals surface area contributed by atoms with Gasteiger partial charge in [0.15, 0.2) is 0 Å². The molecule has 1 aromatic heterocycles. The summed E-state index contributed by atoms with van der Waals surface area (Å²) in [5, 5.41) is 0. The second-order valence-corrected chi connectivity index (χ2v) is 2.84. The highest BCUT2D eigenvalue weighted by Gasteiger charge is 2.04. The summed E-state index contributed by atoms with van der Waals surface area (Å²) in [6.45, 7) is 3.67. The molecule has 0 fully saturated rings. The minimum atomic E-state index is -0.276. The van der Waals surface area contributed by atoms with Crippen LogP contribution in [0.2, 0.25) is 0 Å². The van der Waals surface area contributed by atoms with Crippen LogP contribution in [-0.4, -0.2) is 17.0 Å². The average molecular weight is 217 g/mol. The number of hydroxylamine groups is 1. The standard InChI is InChI=1S/C9H12N2O2.ClH/c1-7(2)13-11-9(12)8-4-3-5-10-6-8;/h3-7H,1-2H3,(H,11,12);1H. The molecule has 0 aliphatic carbocycles. The molecule has 78 valence electrons. The van der Waals surface area contributed by atoms with E-state index in [-0.39, 0.29) is 24.4 Å². The van der Waals surface area contributed by atoms with Crippen molar-refractivity contribution in [2.45, 2.75) is 20.0 Å². The van der Waals surface area contributed by atoms with Crippen molar-refractivity contribution in [3.8, 4) is 0 Å². The van der Waals surface area contributed by atoms with Gasteiger partial charge in [0, 0.05) is 12.4 Å². The van der Waals surface area contributed by atoms with Crippen molar-refractivity contribution in [3.05, 3.63) is 30.1 Å². The molecule has 0 aromatic carbocycles. The molecule has 0 saturated heterocycles. The number of rotatable bonds is 3. The van der Waals surface area contributed by atoms with Gasteiger partial charge in [0.2, 0.25) is 0 Å². The van der Waals surface area contributed by atoms with Gasteiger partial charge in [-0.25, -0.2) is 5.48 Å². The number of aromatic nitrogens is 1. The van der Waals surface area contributed by atoms with Gasteiger partial charge in [0.05, 0.1) is 11.7 Å². The van der Waals surface area contributed by atoms with Crippen molar-refractivity contribution >= 4 is 18.3 Å². The lowest BCUT2D eigenvalue weighted by molar-refractivity contribution is 0.000166. The van der Waals surface area contributed by atoms with Crippen LogP contribution in [0.5, 0.6) is 0 Å². The number of nitrogens with one attached hydrogen (secondary N) is 1. The minimum Gasteiger partial charge on any atom is -0.271 e. The summed E-state index contributed by atoms with van der Waals surface area (Å²) >= 11 is 0. The van der Waals surface area contributed by atoms with Crippen LogP contribution in [0.1, 0.15) is 24.2 Å². The Morgan fingerprint density at radius 2 is 2.29 bits per heavy atom. The van der Waals surface area contributed by atoms with E-state index in [1.807, 2.05) is 13.8 Å². The van der Waals surface area contributed by atoms with E-state index < -0.39 is 0 Å². The zero-order valence-corrected chi connectivity index (χ0v) is 8.88.